The van der Waals surface area contributed by atoms with Gasteiger partial charge in [0.1, 0.15) is 0 Å². The summed E-state index contributed by atoms with van der Waals surface area (Å²) in [6, 6.07) is 15.8. The van der Waals surface area contributed by atoms with Gasteiger partial charge in [-0.3, -0.25) is 0 Å². The molecule has 0 aliphatic rings. The average molecular weight is 361 g/mol. The van der Waals surface area contributed by atoms with Crippen LogP contribution in [0.3, 0.4) is 0 Å². The largest absolute Gasteiger partial charge is 0.328 e. The minimum Gasteiger partial charge on any atom is -0.328 e. The first-order valence-electron chi connectivity index (χ1n) is 8.05. The number of primary sulfonamides is 1. The quantitative estimate of drug-likeness (QED) is 0.743. The monoisotopic (exact) mass is 361 g/mol. The van der Waals surface area contributed by atoms with Gasteiger partial charge in [-0.2, -0.15) is 0 Å². The SMILES string of the molecule is CN(CCCCc1ccccc1)C(=O)Nc1cccc(S(N)(=O)=O)c1. The Kier molecular flexibility index (Phi) is 6.55. The molecule has 0 saturated carbocycles. The number of urea groups is 1. The summed E-state index contributed by atoms with van der Waals surface area (Å²) in [5, 5.41) is 7.77. The van der Waals surface area contributed by atoms with Gasteiger partial charge in [-0.05, 0) is 43.0 Å². The van der Waals surface area contributed by atoms with Crippen molar-refractivity contribution < 1.29 is 13.2 Å². The molecule has 0 unspecified atom stereocenters. The van der Waals surface area contributed by atoms with Gasteiger partial charge in [-0.25, -0.2) is 18.4 Å². The van der Waals surface area contributed by atoms with Gasteiger partial charge in [0.25, 0.3) is 0 Å². The van der Waals surface area contributed by atoms with Crippen LogP contribution < -0.4 is 10.5 Å². The van der Waals surface area contributed by atoms with E-state index in [9.17, 15) is 13.2 Å². The molecule has 0 saturated heterocycles. The fraction of sp³-hybridized carbons (Fsp3) is 0.278. The molecule has 25 heavy (non-hydrogen) atoms. The predicted molar refractivity (Wildman–Crippen MR) is 98.8 cm³/mol. The first-order valence-corrected chi connectivity index (χ1v) is 9.60. The van der Waals surface area contributed by atoms with Gasteiger partial charge in [0.15, 0.2) is 0 Å². The van der Waals surface area contributed by atoms with Gasteiger partial charge < -0.3 is 10.2 Å². The van der Waals surface area contributed by atoms with Crippen molar-refractivity contribution in [3.05, 3.63) is 60.2 Å². The third-order valence-corrected chi connectivity index (χ3v) is 4.72. The Morgan fingerprint density at radius 2 is 1.80 bits per heavy atom. The number of carbonyl (C=O) groups excluding carboxylic acids is 1. The lowest BCUT2D eigenvalue weighted by Gasteiger charge is -2.18. The van der Waals surface area contributed by atoms with Crippen LogP contribution in [0.15, 0.2) is 59.5 Å². The van der Waals surface area contributed by atoms with Crippen molar-refractivity contribution in [1.82, 2.24) is 4.90 Å². The highest BCUT2D eigenvalue weighted by atomic mass is 32.2. The molecule has 0 bridgehead atoms. The Labute approximate surface area is 148 Å². The summed E-state index contributed by atoms with van der Waals surface area (Å²) >= 11 is 0. The molecule has 0 aromatic heterocycles. The van der Waals surface area contributed by atoms with Gasteiger partial charge in [-0.15, -0.1) is 0 Å². The lowest BCUT2D eigenvalue weighted by Crippen LogP contribution is -2.32. The standard InChI is InChI=1S/C18H23N3O3S/c1-21(13-6-5-10-15-8-3-2-4-9-15)18(22)20-16-11-7-12-17(14-16)25(19,23)24/h2-4,7-9,11-12,14H,5-6,10,13H2,1H3,(H,20,22)(H2,19,23,24). The minimum absolute atomic E-state index is 0.0317. The van der Waals surface area contributed by atoms with Crippen LogP contribution in [-0.4, -0.2) is 32.9 Å². The first-order chi connectivity index (χ1) is 11.9. The van der Waals surface area contributed by atoms with E-state index in [0.29, 0.717) is 12.2 Å². The molecule has 6 nitrogen and oxygen atoms in total. The third kappa shape index (κ3) is 6.21. The van der Waals surface area contributed by atoms with Gasteiger partial charge in [0.2, 0.25) is 10.0 Å². The molecule has 0 fully saturated rings. The predicted octanol–water partition coefficient (Wildman–Crippen LogP) is 2.82. The summed E-state index contributed by atoms with van der Waals surface area (Å²) < 4.78 is 22.7. The van der Waals surface area contributed by atoms with E-state index in [1.807, 2.05) is 18.2 Å². The summed E-state index contributed by atoms with van der Waals surface area (Å²) in [7, 11) is -2.08. The normalized spacial score (nSPS) is 11.1. The number of amides is 2. The number of unbranched alkanes of at least 4 members (excludes halogenated alkanes) is 1. The van der Waals surface area contributed by atoms with E-state index in [-0.39, 0.29) is 10.9 Å². The lowest BCUT2D eigenvalue weighted by molar-refractivity contribution is 0.221. The van der Waals surface area contributed by atoms with Crippen molar-refractivity contribution in [2.45, 2.75) is 24.2 Å². The Morgan fingerprint density at radius 1 is 1.08 bits per heavy atom. The van der Waals surface area contributed by atoms with Gasteiger partial charge in [0.05, 0.1) is 4.90 Å². The Morgan fingerprint density at radius 3 is 2.48 bits per heavy atom. The van der Waals surface area contributed by atoms with Crippen molar-refractivity contribution >= 4 is 21.7 Å². The molecule has 134 valence electrons. The fourth-order valence-corrected chi connectivity index (χ4v) is 2.95. The highest BCUT2D eigenvalue weighted by Crippen LogP contribution is 2.14. The number of rotatable bonds is 7. The molecule has 2 rings (SSSR count). The average Bonchev–Trinajstić information content (AvgIpc) is 2.59. The molecule has 0 heterocycles. The maximum absolute atomic E-state index is 12.2. The number of sulfonamides is 1. The summed E-state index contributed by atoms with van der Waals surface area (Å²) in [4.78, 5) is 13.7. The molecule has 2 aromatic rings. The second-order valence-electron chi connectivity index (χ2n) is 5.87. The van der Waals surface area contributed by atoms with Crippen molar-refractivity contribution in [3.63, 3.8) is 0 Å². The molecule has 0 atom stereocenters. The van der Waals surface area contributed by atoms with Gasteiger partial charge in [0, 0.05) is 19.3 Å². The molecule has 0 radical (unpaired) electrons. The van der Waals surface area contributed by atoms with Crippen LogP contribution in [0.1, 0.15) is 18.4 Å². The van der Waals surface area contributed by atoms with Crippen LogP contribution in [0.2, 0.25) is 0 Å². The summed E-state index contributed by atoms with van der Waals surface area (Å²) in [5.74, 6) is 0. The molecular weight excluding hydrogens is 338 g/mol. The Bertz CT molecular complexity index is 807. The second-order valence-corrected chi connectivity index (χ2v) is 7.43. The topological polar surface area (TPSA) is 92.5 Å². The van der Waals surface area contributed by atoms with Crippen LogP contribution in [0.5, 0.6) is 0 Å². The van der Waals surface area contributed by atoms with E-state index in [1.54, 1.807) is 18.0 Å². The highest BCUT2D eigenvalue weighted by molar-refractivity contribution is 7.89. The van der Waals surface area contributed by atoms with Gasteiger partial charge >= 0.3 is 6.03 Å². The number of carbonyl (C=O) groups is 1. The molecular formula is C18H23N3O3S. The van der Waals surface area contributed by atoms with Crippen molar-refractivity contribution in [2.24, 2.45) is 5.14 Å². The molecule has 3 N–H and O–H groups in total. The van der Waals surface area contributed by atoms with E-state index < -0.39 is 10.0 Å². The summed E-state index contributed by atoms with van der Waals surface area (Å²) in [6.07, 6.45) is 2.85. The van der Waals surface area contributed by atoms with Crippen molar-refractivity contribution in [3.8, 4) is 0 Å². The zero-order valence-electron chi connectivity index (χ0n) is 14.2. The smallest absolute Gasteiger partial charge is 0.321 e. The van der Waals surface area contributed by atoms with Crippen LogP contribution in [0, 0.1) is 0 Å². The molecule has 2 amide bonds. The summed E-state index contributed by atoms with van der Waals surface area (Å²) in [6.45, 7) is 0.619. The number of hydrogen-bond acceptors (Lipinski definition) is 3. The van der Waals surface area contributed by atoms with Crippen LogP contribution >= 0.6 is 0 Å². The zero-order chi connectivity index (χ0) is 18.3. The van der Waals surface area contributed by atoms with Crippen molar-refractivity contribution in [2.75, 3.05) is 18.9 Å². The first kappa shape index (κ1) is 19.0. The molecule has 2 aromatic carbocycles. The van der Waals surface area contributed by atoms with Crippen LogP contribution in [0.25, 0.3) is 0 Å². The number of hydrogen-bond donors (Lipinski definition) is 2. The maximum Gasteiger partial charge on any atom is 0.321 e. The van der Waals surface area contributed by atoms with E-state index in [0.717, 1.165) is 19.3 Å². The van der Waals surface area contributed by atoms with E-state index in [4.69, 9.17) is 5.14 Å². The number of nitrogens with zero attached hydrogens (tertiary/aromatic N) is 1. The van der Waals surface area contributed by atoms with E-state index in [2.05, 4.69) is 17.4 Å². The molecule has 0 spiro atoms. The second kappa shape index (κ2) is 8.64. The number of nitrogens with two attached hydrogens (primary N) is 1. The van der Waals surface area contributed by atoms with Crippen LogP contribution in [-0.2, 0) is 16.4 Å². The maximum atomic E-state index is 12.2. The highest BCUT2D eigenvalue weighted by Gasteiger charge is 2.11. The van der Waals surface area contributed by atoms with Crippen LogP contribution in [0.4, 0.5) is 10.5 Å². The fourth-order valence-electron chi connectivity index (χ4n) is 2.39. The summed E-state index contributed by atoms with van der Waals surface area (Å²) in [5.41, 5.74) is 1.68. The van der Waals surface area contributed by atoms with Gasteiger partial charge in [-0.1, -0.05) is 36.4 Å². The number of aryl methyl sites for hydroxylation is 1. The Balaban J connectivity index is 1.80. The minimum atomic E-state index is -3.79. The van der Waals surface area contributed by atoms with Crippen molar-refractivity contribution in [1.29, 1.82) is 0 Å². The Hall–Kier alpha value is -2.38. The lowest BCUT2D eigenvalue weighted by atomic mass is 10.1. The number of nitrogens with one attached hydrogen (secondary N) is 1. The van der Waals surface area contributed by atoms with E-state index >= 15 is 0 Å². The zero-order valence-corrected chi connectivity index (χ0v) is 15.0. The molecule has 0 aliphatic heterocycles. The van der Waals surface area contributed by atoms with E-state index in [1.165, 1.54) is 23.8 Å². The molecule has 0 aliphatic carbocycles. The molecule has 7 heteroatoms. The third-order valence-electron chi connectivity index (χ3n) is 3.81. The number of anilines is 1. The number of benzene rings is 2.